The van der Waals surface area contributed by atoms with Crippen LogP contribution in [0.2, 0.25) is 0 Å². The van der Waals surface area contributed by atoms with E-state index in [4.69, 9.17) is 5.73 Å². The Bertz CT molecular complexity index is 530. The minimum absolute atomic E-state index is 0. The molecule has 2 N–H and O–H groups in total. The van der Waals surface area contributed by atoms with Gasteiger partial charge in [-0.15, -0.1) is 35.3 Å². The molecule has 6 heteroatoms. The van der Waals surface area contributed by atoms with Crippen molar-refractivity contribution in [2.45, 2.75) is 45.7 Å². The molecule has 0 aromatic carbocycles. The Kier molecular flexibility index (Phi) is 7.16. The van der Waals surface area contributed by atoms with Crippen LogP contribution in [-0.4, -0.2) is 48.0 Å². The second kappa shape index (κ2) is 8.67. The molecule has 0 bridgehead atoms. The summed E-state index contributed by atoms with van der Waals surface area (Å²) in [4.78, 5) is 11.0. The maximum Gasteiger partial charge on any atom is 0.191 e. The van der Waals surface area contributed by atoms with Gasteiger partial charge in [0.1, 0.15) is 0 Å². The summed E-state index contributed by atoms with van der Waals surface area (Å²) < 4.78 is 0. The summed E-state index contributed by atoms with van der Waals surface area (Å²) in [5.41, 5.74) is 7.71. The highest BCUT2D eigenvalue weighted by Gasteiger charge is 2.22. The van der Waals surface area contributed by atoms with E-state index in [-0.39, 0.29) is 24.0 Å². The van der Waals surface area contributed by atoms with E-state index in [1.54, 1.807) is 4.88 Å². The lowest BCUT2D eigenvalue weighted by molar-refractivity contribution is 0.196. The zero-order valence-corrected chi connectivity index (χ0v) is 17.3. The molecule has 3 rings (SSSR count). The molecule has 1 aromatic rings. The van der Waals surface area contributed by atoms with Gasteiger partial charge in [0.25, 0.3) is 0 Å². The molecule has 0 spiro atoms. The molecule has 1 fully saturated rings. The van der Waals surface area contributed by atoms with Gasteiger partial charge in [-0.25, -0.2) is 0 Å². The summed E-state index contributed by atoms with van der Waals surface area (Å²) in [5, 5.41) is 2.21. The van der Waals surface area contributed by atoms with Crippen molar-refractivity contribution in [3.05, 3.63) is 21.9 Å². The molecule has 0 saturated carbocycles. The highest BCUT2D eigenvalue weighted by molar-refractivity contribution is 14.0. The minimum atomic E-state index is 0. The standard InChI is InChI=1S/C17H28N4S.HI/c1-13-4-3-7-21(11-13)17(18)19-10-14(2)20-8-5-16-15(12-20)6-9-22-16;/h6,9,13-14H,3-5,7-8,10-12H2,1-2H3,(H2,18,19);1H. The van der Waals surface area contributed by atoms with Crippen LogP contribution in [-0.2, 0) is 13.0 Å². The van der Waals surface area contributed by atoms with Gasteiger partial charge in [-0.2, -0.15) is 0 Å². The zero-order valence-electron chi connectivity index (χ0n) is 14.2. The number of rotatable bonds is 3. The predicted octanol–water partition coefficient (Wildman–Crippen LogP) is 3.16. The number of aliphatic imine (C=N–C) groups is 1. The number of hydrogen-bond acceptors (Lipinski definition) is 3. The first-order valence-corrected chi connectivity index (χ1v) is 9.35. The lowest BCUT2D eigenvalue weighted by Crippen LogP contribution is -2.44. The molecular weight excluding hydrogens is 419 g/mol. The molecule has 2 aliphatic rings. The summed E-state index contributed by atoms with van der Waals surface area (Å²) in [6.45, 7) is 9.71. The first-order chi connectivity index (χ1) is 10.6. The predicted molar refractivity (Wildman–Crippen MR) is 110 cm³/mol. The van der Waals surface area contributed by atoms with Gasteiger partial charge in [-0.05, 0) is 49.1 Å². The molecule has 23 heavy (non-hydrogen) atoms. The Morgan fingerprint density at radius 3 is 3.09 bits per heavy atom. The number of hydrogen-bond donors (Lipinski definition) is 1. The quantitative estimate of drug-likeness (QED) is 0.439. The third-order valence-electron chi connectivity index (χ3n) is 4.96. The van der Waals surface area contributed by atoms with Crippen molar-refractivity contribution in [3.63, 3.8) is 0 Å². The van der Waals surface area contributed by atoms with Crippen molar-refractivity contribution in [2.24, 2.45) is 16.6 Å². The third-order valence-corrected chi connectivity index (χ3v) is 5.98. The van der Waals surface area contributed by atoms with Crippen molar-refractivity contribution in [1.29, 1.82) is 0 Å². The summed E-state index contributed by atoms with van der Waals surface area (Å²) in [7, 11) is 0. The van der Waals surface area contributed by atoms with Crippen LogP contribution >= 0.6 is 35.3 Å². The van der Waals surface area contributed by atoms with Gasteiger partial charge >= 0.3 is 0 Å². The largest absolute Gasteiger partial charge is 0.370 e. The van der Waals surface area contributed by atoms with Crippen LogP contribution < -0.4 is 5.73 Å². The fourth-order valence-electron chi connectivity index (χ4n) is 3.49. The molecule has 2 aliphatic heterocycles. The fraction of sp³-hybridized carbons (Fsp3) is 0.706. The average Bonchev–Trinajstić information content (AvgIpc) is 2.99. The van der Waals surface area contributed by atoms with Crippen molar-refractivity contribution in [1.82, 2.24) is 9.80 Å². The van der Waals surface area contributed by atoms with E-state index < -0.39 is 0 Å². The maximum absolute atomic E-state index is 6.21. The first-order valence-electron chi connectivity index (χ1n) is 8.47. The topological polar surface area (TPSA) is 44.9 Å². The summed E-state index contributed by atoms with van der Waals surface area (Å²) in [6, 6.07) is 2.72. The molecular formula is C17H29IN4S. The number of guanidine groups is 1. The maximum atomic E-state index is 6.21. The lowest BCUT2D eigenvalue weighted by atomic mass is 10.0. The zero-order chi connectivity index (χ0) is 15.5. The van der Waals surface area contributed by atoms with E-state index >= 15 is 0 Å². The van der Waals surface area contributed by atoms with Crippen molar-refractivity contribution in [3.8, 4) is 0 Å². The molecule has 0 amide bonds. The normalized spacial score (nSPS) is 24.0. The van der Waals surface area contributed by atoms with Crippen LogP contribution in [0.4, 0.5) is 0 Å². The molecule has 130 valence electrons. The number of nitrogens with zero attached hydrogens (tertiary/aromatic N) is 3. The summed E-state index contributed by atoms with van der Waals surface area (Å²) >= 11 is 1.90. The van der Waals surface area contributed by atoms with E-state index in [2.05, 4.69) is 40.1 Å². The highest BCUT2D eigenvalue weighted by Crippen LogP contribution is 2.25. The number of likely N-dealkylation sites (tertiary alicyclic amines) is 1. The van der Waals surface area contributed by atoms with Gasteiger partial charge < -0.3 is 10.6 Å². The van der Waals surface area contributed by atoms with Gasteiger partial charge in [0.2, 0.25) is 0 Å². The Labute approximate surface area is 161 Å². The van der Waals surface area contributed by atoms with E-state index in [0.717, 1.165) is 44.6 Å². The summed E-state index contributed by atoms with van der Waals surface area (Å²) in [6.07, 6.45) is 3.73. The van der Waals surface area contributed by atoms with Gasteiger partial charge in [0, 0.05) is 37.1 Å². The fourth-order valence-corrected chi connectivity index (χ4v) is 4.37. The Balaban J connectivity index is 0.00000192. The van der Waals surface area contributed by atoms with E-state index in [9.17, 15) is 0 Å². The molecule has 2 atom stereocenters. The monoisotopic (exact) mass is 448 g/mol. The molecule has 0 radical (unpaired) electrons. The van der Waals surface area contributed by atoms with E-state index in [0.29, 0.717) is 6.04 Å². The van der Waals surface area contributed by atoms with Crippen LogP contribution in [0, 0.1) is 5.92 Å². The molecule has 1 saturated heterocycles. The average molecular weight is 448 g/mol. The van der Waals surface area contributed by atoms with Gasteiger partial charge in [0.05, 0.1) is 6.54 Å². The number of nitrogens with two attached hydrogens (primary N) is 1. The van der Waals surface area contributed by atoms with Gasteiger partial charge in [-0.1, -0.05) is 6.92 Å². The van der Waals surface area contributed by atoms with Gasteiger partial charge in [0.15, 0.2) is 5.96 Å². The SMILES string of the molecule is CC1CCCN(C(N)=NCC(C)N2CCc3sccc3C2)C1.I. The van der Waals surface area contributed by atoms with Crippen LogP contribution in [0.15, 0.2) is 16.4 Å². The van der Waals surface area contributed by atoms with Crippen molar-refractivity contribution in [2.75, 3.05) is 26.2 Å². The Morgan fingerprint density at radius 1 is 1.48 bits per heavy atom. The number of piperidine rings is 1. The smallest absolute Gasteiger partial charge is 0.191 e. The Hall–Kier alpha value is -0.340. The van der Waals surface area contributed by atoms with Crippen molar-refractivity contribution < 1.29 is 0 Å². The number of fused-ring (bicyclic) bond motifs is 1. The lowest BCUT2D eigenvalue weighted by Gasteiger charge is -2.33. The molecule has 0 aliphatic carbocycles. The highest BCUT2D eigenvalue weighted by atomic mass is 127. The van der Waals surface area contributed by atoms with E-state index in [1.165, 1.54) is 24.8 Å². The second-order valence-corrected chi connectivity index (χ2v) is 7.83. The van der Waals surface area contributed by atoms with Crippen LogP contribution in [0.5, 0.6) is 0 Å². The number of halogens is 1. The van der Waals surface area contributed by atoms with Crippen LogP contribution in [0.3, 0.4) is 0 Å². The second-order valence-electron chi connectivity index (χ2n) is 6.83. The van der Waals surface area contributed by atoms with E-state index in [1.807, 2.05) is 11.3 Å². The molecule has 1 aromatic heterocycles. The number of thiophene rings is 1. The Morgan fingerprint density at radius 2 is 2.30 bits per heavy atom. The molecule has 2 unspecified atom stereocenters. The van der Waals surface area contributed by atoms with Gasteiger partial charge in [-0.3, -0.25) is 9.89 Å². The van der Waals surface area contributed by atoms with Crippen molar-refractivity contribution >= 4 is 41.3 Å². The molecule has 3 heterocycles. The minimum Gasteiger partial charge on any atom is -0.370 e. The van der Waals surface area contributed by atoms with Crippen LogP contribution in [0.25, 0.3) is 0 Å². The first kappa shape index (κ1) is 19.0. The molecule has 4 nitrogen and oxygen atoms in total. The van der Waals surface area contributed by atoms with Crippen LogP contribution in [0.1, 0.15) is 37.1 Å². The summed E-state index contributed by atoms with van der Waals surface area (Å²) in [5.74, 6) is 1.48. The third kappa shape index (κ3) is 4.82.